The molecule has 0 rings (SSSR count). The number of allylic oxidation sites excluding steroid dienone is 12. The molecule has 0 aromatic carbocycles. The molecule has 6 heteroatoms. The van der Waals surface area contributed by atoms with Crippen molar-refractivity contribution in [1.29, 1.82) is 0 Å². The van der Waals surface area contributed by atoms with Crippen molar-refractivity contribution in [3.05, 3.63) is 72.9 Å². The van der Waals surface area contributed by atoms with E-state index in [1.807, 2.05) is 0 Å². The Morgan fingerprint density at radius 1 is 0.328 bits per heavy atom. The molecule has 0 aromatic heterocycles. The highest BCUT2D eigenvalue weighted by Crippen LogP contribution is 2.14. The highest BCUT2D eigenvalue weighted by atomic mass is 16.6. The van der Waals surface area contributed by atoms with Crippen molar-refractivity contribution < 1.29 is 28.6 Å². The van der Waals surface area contributed by atoms with Crippen LogP contribution in [-0.4, -0.2) is 37.2 Å². The average Bonchev–Trinajstić information content (AvgIpc) is 3.29. The molecule has 0 saturated heterocycles. The van der Waals surface area contributed by atoms with Crippen LogP contribution in [0.1, 0.15) is 258 Å². The van der Waals surface area contributed by atoms with Crippen LogP contribution >= 0.6 is 0 Å². The van der Waals surface area contributed by atoms with Crippen molar-refractivity contribution in [2.75, 3.05) is 13.2 Å². The maximum atomic E-state index is 12.8. The van der Waals surface area contributed by atoms with Crippen molar-refractivity contribution in [2.45, 2.75) is 264 Å². The maximum absolute atomic E-state index is 12.8. The fraction of sp³-hybridized carbons (Fsp3) is 0.741. The molecule has 0 bridgehead atoms. The van der Waals surface area contributed by atoms with Crippen LogP contribution in [0.5, 0.6) is 0 Å². The molecule has 0 aliphatic rings. The molecule has 0 saturated carbocycles. The normalized spacial score (nSPS) is 12.6. The summed E-state index contributed by atoms with van der Waals surface area (Å²) in [6, 6.07) is 0. The summed E-state index contributed by atoms with van der Waals surface area (Å²) in [6.07, 6.45) is 66.0. The molecule has 0 amide bonds. The van der Waals surface area contributed by atoms with Crippen molar-refractivity contribution in [3.63, 3.8) is 0 Å². The third-order valence-corrected chi connectivity index (χ3v) is 11.4. The maximum Gasteiger partial charge on any atom is 0.306 e. The van der Waals surface area contributed by atoms with Gasteiger partial charge in [0.1, 0.15) is 13.2 Å². The summed E-state index contributed by atoms with van der Waals surface area (Å²) in [4.78, 5) is 37.9. The molecule has 64 heavy (non-hydrogen) atoms. The van der Waals surface area contributed by atoms with Crippen LogP contribution in [0.4, 0.5) is 0 Å². The van der Waals surface area contributed by atoms with Crippen LogP contribution in [0.15, 0.2) is 72.9 Å². The first-order valence-corrected chi connectivity index (χ1v) is 26.9. The summed E-state index contributed by atoms with van der Waals surface area (Å²) in [7, 11) is 0. The summed E-state index contributed by atoms with van der Waals surface area (Å²) < 4.78 is 16.8. The van der Waals surface area contributed by atoms with E-state index in [1.165, 1.54) is 96.3 Å². The molecule has 0 aliphatic carbocycles. The summed E-state index contributed by atoms with van der Waals surface area (Å²) in [5.74, 6) is -0.910. The number of unbranched alkanes of at least 4 members (excludes halogenated alkanes) is 25. The summed E-state index contributed by atoms with van der Waals surface area (Å²) in [5, 5.41) is 0. The molecule has 0 N–H and O–H groups in total. The fourth-order valence-electron chi connectivity index (χ4n) is 7.40. The van der Waals surface area contributed by atoms with Crippen LogP contribution in [-0.2, 0) is 28.6 Å². The summed E-state index contributed by atoms with van der Waals surface area (Å²) >= 11 is 0. The van der Waals surface area contributed by atoms with E-state index in [1.54, 1.807) is 0 Å². The molecule has 0 aromatic rings. The van der Waals surface area contributed by atoms with Gasteiger partial charge in [-0.1, -0.05) is 222 Å². The Bertz CT molecular complexity index is 1210. The molecule has 6 nitrogen and oxygen atoms in total. The van der Waals surface area contributed by atoms with Gasteiger partial charge in [-0.2, -0.15) is 0 Å². The molecule has 0 heterocycles. The fourth-order valence-corrected chi connectivity index (χ4v) is 7.40. The minimum atomic E-state index is -0.785. The predicted molar refractivity (Wildman–Crippen MR) is 274 cm³/mol. The van der Waals surface area contributed by atoms with Gasteiger partial charge in [-0.15, -0.1) is 0 Å². The predicted octanol–water partition coefficient (Wildman–Crippen LogP) is 17.8. The van der Waals surface area contributed by atoms with Gasteiger partial charge in [0, 0.05) is 19.3 Å². The summed E-state index contributed by atoms with van der Waals surface area (Å²) in [6.45, 7) is 6.49. The van der Waals surface area contributed by atoms with E-state index in [0.29, 0.717) is 19.3 Å². The standard InChI is InChI=1S/C58H100O6/c1-4-7-10-13-16-19-21-23-25-27-28-29-30-31-33-34-36-39-42-45-48-51-57(60)63-54-55(53-62-56(59)50-47-44-41-38-18-15-12-9-6-3)64-58(61)52-49-46-43-40-37-35-32-26-24-22-20-17-14-11-8-5-2/h7,10,16,19,23,25-26,28-29,31-33,55H,4-6,8-9,11-15,17-18,20-22,24,27,30,34-54H2,1-3H3/b10-7-,19-16-,25-23-,29-28-,32-26-,33-31-. The van der Waals surface area contributed by atoms with Gasteiger partial charge in [0.05, 0.1) is 0 Å². The molecule has 0 aliphatic heterocycles. The Hall–Kier alpha value is -3.15. The first kappa shape index (κ1) is 60.9. The molecule has 368 valence electrons. The molecule has 1 unspecified atom stereocenters. The molecular weight excluding hydrogens is 793 g/mol. The highest BCUT2D eigenvalue weighted by Gasteiger charge is 2.19. The SMILES string of the molecule is CC/C=C\C/C=C\C/C=C\C/C=C\C/C=C\CCCCCCCC(=O)OCC(COC(=O)CCCCCCCCCCC)OC(=O)CCCCCCC/C=C\CCCCCCCCC. The first-order valence-electron chi connectivity index (χ1n) is 26.9. The van der Waals surface area contributed by atoms with Gasteiger partial charge in [-0.25, -0.2) is 0 Å². The largest absolute Gasteiger partial charge is 0.462 e. The first-order chi connectivity index (χ1) is 31.5. The van der Waals surface area contributed by atoms with Crippen LogP contribution in [0.3, 0.4) is 0 Å². The zero-order chi connectivity index (χ0) is 46.5. The van der Waals surface area contributed by atoms with Crippen molar-refractivity contribution in [3.8, 4) is 0 Å². The Morgan fingerprint density at radius 2 is 0.609 bits per heavy atom. The Balaban J connectivity index is 4.35. The van der Waals surface area contributed by atoms with E-state index in [9.17, 15) is 14.4 Å². The second kappa shape index (κ2) is 52.5. The van der Waals surface area contributed by atoms with Gasteiger partial charge >= 0.3 is 17.9 Å². The lowest BCUT2D eigenvalue weighted by atomic mass is 10.1. The van der Waals surface area contributed by atoms with Crippen LogP contribution in [0.25, 0.3) is 0 Å². The van der Waals surface area contributed by atoms with E-state index in [0.717, 1.165) is 122 Å². The minimum absolute atomic E-state index is 0.0837. The smallest absolute Gasteiger partial charge is 0.306 e. The minimum Gasteiger partial charge on any atom is -0.462 e. The van der Waals surface area contributed by atoms with E-state index < -0.39 is 6.10 Å². The van der Waals surface area contributed by atoms with E-state index in [-0.39, 0.29) is 31.1 Å². The molecule has 0 radical (unpaired) electrons. The zero-order valence-electron chi connectivity index (χ0n) is 42.0. The second-order valence-electron chi connectivity index (χ2n) is 17.8. The summed E-state index contributed by atoms with van der Waals surface area (Å²) in [5.41, 5.74) is 0. The van der Waals surface area contributed by atoms with Gasteiger partial charge in [0.25, 0.3) is 0 Å². The molecule has 0 spiro atoms. The van der Waals surface area contributed by atoms with E-state index in [2.05, 4.69) is 93.7 Å². The number of ether oxygens (including phenoxy) is 3. The van der Waals surface area contributed by atoms with Gasteiger partial charge in [0.2, 0.25) is 0 Å². The average molecular weight is 893 g/mol. The lowest BCUT2D eigenvalue weighted by Gasteiger charge is -2.18. The van der Waals surface area contributed by atoms with E-state index >= 15 is 0 Å². The third kappa shape index (κ3) is 49.9. The quantitative estimate of drug-likeness (QED) is 0.0262. The van der Waals surface area contributed by atoms with Crippen LogP contribution in [0.2, 0.25) is 0 Å². The van der Waals surface area contributed by atoms with Gasteiger partial charge in [-0.05, 0) is 89.9 Å². The topological polar surface area (TPSA) is 78.9 Å². The number of rotatable bonds is 48. The number of hydrogen-bond donors (Lipinski definition) is 0. The number of esters is 3. The number of carbonyl (C=O) groups is 3. The van der Waals surface area contributed by atoms with Crippen LogP contribution in [0, 0.1) is 0 Å². The van der Waals surface area contributed by atoms with E-state index in [4.69, 9.17) is 14.2 Å². The van der Waals surface area contributed by atoms with Gasteiger partial charge in [0.15, 0.2) is 6.10 Å². The molecular formula is C58H100O6. The highest BCUT2D eigenvalue weighted by molar-refractivity contribution is 5.71. The Morgan fingerprint density at radius 3 is 0.969 bits per heavy atom. The lowest BCUT2D eigenvalue weighted by Crippen LogP contribution is -2.30. The number of carbonyl (C=O) groups excluding carboxylic acids is 3. The van der Waals surface area contributed by atoms with Crippen molar-refractivity contribution in [1.82, 2.24) is 0 Å². The van der Waals surface area contributed by atoms with Crippen molar-refractivity contribution in [2.24, 2.45) is 0 Å². The van der Waals surface area contributed by atoms with Crippen molar-refractivity contribution >= 4 is 17.9 Å². The molecule has 0 fully saturated rings. The van der Waals surface area contributed by atoms with Crippen LogP contribution < -0.4 is 0 Å². The Kier molecular flexibility index (Phi) is 49.9. The van der Waals surface area contributed by atoms with Gasteiger partial charge in [-0.3, -0.25) is 14.4 Å². The molecule has 1 atom stereocenters. The third-order valence-electron chi connectivity index (χ3n) is 11.4. The lowest BCUT2D eigenvalue weighted by molar-refractivity contribution is -0.167. The monoisotopic (exact) mass is 893 g/mol. The number of hydrogen-bond acceptors (Lipinski definition) is 6. The zero-order valence-corrected chi connectivity index (χ0v) is 42.0. The second-order valence-corrected chi connectivity index (χ2v) is 17.8. The Labute approximate surface area is 395 Å². The van der Waals surface area contributed by atoms with Gasteiger partial charge < -0.3 is 14.2 Å².